The number of benzene rings is 4. The molecule has 0 saturated heterocycles. The van der Waals surface area contributed by atoms with E-state index in [1.165, 1.54) is 43.5 Å². The van der Waals surface area contributed by atoms with Crippen LogP contribution in [0.1, 0.15) is 43.0 Å². The van der Waals surface area contributed by atoms with Gasteiger partial charge in [0.25, 0.3) is 0 Å². The summed E-state index contributed by atoms with van der Waals surface area (Å²) in [6.07, 6.45) is 21.1. The van der Waals surface area contributed by atoms with Crippen LogP contribution in [0.2, 0.25) is 10.5 Å². The first kappa shape index (κ1) is 31.7. The van der Waals surface area contributed by atoms with E-state index >= 15 is 0 Å². The summed E-state index contributed by atoms with van der Waals surface area (Å²) in [6.45, 7) is 6.83. The molecule has 0 heterocycles. The minimum atomic E-state index is -2.28. The molecule has 0 atom stereocenters. The second-order valence-corrected chi connectivity index (χ2v) is 18.7. The molecule has 4 aromatic carbocycles. The van der Waals surface area contributed by atoms with Gasteiger partial charge in [-0.2, -0.15) is 0 Å². The average Bonchev–Trinajstić information content (AvgIpc) is 3.43. The first-order valence-electron chi connectivity index (χ1n) is 14.6. The maximum Gasteiger partial charge on any atom is -0.0149 e. The van der Waals surface area contributed by atoms with Crippen LogP contribution >= 0.6 is 0 Å². The molecule has 1 nitrogen and oxygen atoms in total. The van der Waals surface area contributed by atoms with E-state index in [0.29, 0.717) is 0 Å². The fraction of sp³-hybridized carbons (Fsp3) is 0.179. The molecule has 6 rings (SSSR count). The van der Waals surface area contributed by atoms with Gasteiger partial charge in [-0.25, -0.2) is 0 Å². The molecule has 0 fully saturated rings. The first-order chi connectivity index (χ1) is 19.7. The Morgan fingerprint density at radius 1 is 0.690 bits per heavy atom. The number of rotatable bonds is 5. The molecule has 0 unspecified atom stereocenters. The third-order valence-electron chi connectivity index (χ3n) is 7.47. The summed E-state index contributed by atoms with van der Waals surface area (Å²) >= 11 is -2.28. The number of allylic oxidation sites excluding steroid dienone is 5. The molecule has 4 aromatic rings. The van der Waals surface area contributed by atoms with Gasteiger partial charge in [-0.3, -0.25) is 0 Å². The molecule has 0 aliphatic heterocycles. The van der Waals surface area contributed by atoms with Gasteiger partial charge in [0.2, 0.25) is 0 Å². The maximum absolute atomic E-state index is 3.97. The van der Waals surface area contributed by atoms with Gasteiger partial charge < -0.3 is 0 Å². The minimum absolute atomic E-state index is 0. The van der Waals surface area contributed by atoms with E-state index < -0.39 is 16.8 Å². The molecule has 1 N–H and O–H groups in total. The summed E-state index contributed by atoms with van der Waals surface area (Å²) in [7, 11) is 0. The van der Waals surface area contributed by atoms with E-state index in [-0.39, 0.29) is 16.5 Å². The van der Waals surface area contributed by atoms with Crippen LogP contribution in [0.3, 0.4) is 0 Å². The smallest absolute Gasteiger partial charge is 0.0149 e. The molecular formula is C39H45NSiTi. The second-order valence-electron chi connectivity index (χ2n) is 12.3. The molecule has 0 amide bonds. The van der Waals surface area contributed by atoms with Crippen LogP contribution in [0.25, 0.3) is 41.2 Å². The predicted octanol–water partition coefficient (Wildman–Crippen LogP) is 7.38. The summed E-state index contributed by atoms with van der Waals surface area (Å²) in [6, 6.07) is 29.5. The van der Waals surface area contributed by atoms with Gasteiger partial charge in [0.1, 0.15) is 0 Å². The van der Waals surface area contributed by atoms with Crippen LogP contribution in [-0.2, 0) is 23.3 Å². The van der Waals surface area contributed by atoms with Gasteiger partial charge >= 0.3 is 155 Å². The van der Waals surface area contributed by atoms with E-state index in [1.54, 1.807) is 3.88 Å². The van der Waals surface area contributed by atoms with Crippen molar-refractivity contribution in [3.8, 4) is 0 Å². The number of hydrogen-bond acceptors (Lipinski definition) is 1. The molecule has 2 aliphatic carbocycles. The van der Waals surface area contributed by atoms with E-state index in [1.807, 2.05) is 36.4 Å². The van der Waals surface area contributed by atoms with Gasteiger partial charge in [-0.05, 0) is 22.1 Å². The average molecular weight is 604 g/mol. The van der Waals surface area contributed by atoms with Crippen molar-refractivity contribution in [2.45, 2.75) is 43.2 Å². The molecule has 0 bridgehead atoms. The Morgan fingerprint density at radius 3 is 1.76 bits per heavy atom. The maximum atomic E-state index is 3.97. The zero-order valence-corrected chi connectivity index (χ0v) is 26.5. The Bertz CT molecular complexity index is 1720. The Morgan fingerprint density at radius 2 is 1.21 bits per heavy atom. The minimum Gasteiger partial charge on any atom is -0.0149 e. The molecule has 0 aromatic heterocycles. The molecule has 42 heavy (non-hydrogen) atoms. The normalized spacial score (nSPS) is 13.9. The molecule has 0 spiro atoms. The first-order valence-corrected chi connectivity index (χ1v) is 19.3. The van der Waals surface area contributed by atoms with Gasteiger partial charge in [0.15, 0.2) is 0 Å². The quantitative estimate of drug-likeness (QED) is 0.185. The van der Waals surface area contributed by atoms with Gasteiger partial charge in [-0.1, -0.05) is 85.0 Å². The van der Waals surface area contributed by atoms with Gasteiger partial charge in [0.05, 0.1) is 0 Å². The van der Waals surface area contributed by atoms with Crippen molar-refractivity contribution < 1.29 is 16.8 Å². The molecule has 0 radical (unpaired) electrons. The van der Waals surface area contributed by atoms with E-state index in [4.69, 9.17) is 0 Å². The van der Waals surface area contributed by atoms with E-state index in [2.05, 4.69) is 138 Å². The summed E-state index contributed by atoms with van der Waals surface area (Å²) in [5, 5.41) is 10.6. The second kappa shape index (κ2) is 13.8. The summed E-state index contributed by atoms with van der Waals surface area (Å²) < 4.78 is 5.52. The zero-order valence-electron chi connectivity index (χ0n) is 25.0. The summed E-state index contributed by atoms with van der Waals surface area (Å²) in [5.74, 6) is 0. The zero-order chi connectivity index (χ0) is 28.9. The topological polar surface area (TPSA) is 12.0 Å². The molecule has 0 saturated carbocycles. The largest absolute Gasteiger partial charge is 0.0149 e. The SMILES string of the molecule is C(C=Cc1ccccc1)=Cc1ccccc1.CC(C)(C)[NH][Ti]([CH3])([CH3])[C]1=Cc2c3c(c4ccccc4c2=C1)=CC=CC3.[SiH4]. The van der Waals surface area contributed by atoms with Crippen LogP contribution in [0.5, 0.6) is 0 Å². The van der Waals surface area contributed by atoms with Gasteiger partial charge in [0, 0.05) is 0 Å². The monoisotopic (exact) mass is 603 g/mol. The fourth-order valence-electron chi connectivity index (χ4n) is 5.83. The number of nitrogens with one attached hydrogen (secondary N) is 1. The third-order valence-corrected chi connectivity index (χ3v) is 12.3. The van der Waals surface area contributed by atoms with Crippen LogP contribution in [0.15, 0.2) is 113 Å². The Kier molecular flexibility index (Phi) is 10.4. The number of hydrogen-bond donors (Lipinski definition) is 1. The van der Waals surface area contributed by atoms with Gasteiger partial charge in [-0.15, -0.1) is 0 Å². The molecule has 2 aliphatic rings. The van der Waals surface area contributed by atoms with E-state index in [0.717, 1.165) is 6.42 Å². The van der Waals surface area contributed by atoms with Crippen molar-refractivity contribution in [3.05, 3.63) is 146 Å². The Balaban J connectivity index is 0.000000207. The van der Waals surface area contributed by atoms with Crippen molar-refractivity contribution in [1.82, 2.24) is 3.80 Å². The molecule has 3 heteroatoms. The molecular weight excluding hydrogens is 558 g/mol. The van der Waals surface area contributed by atoms with E-state index in [9.17, 15) is 0 Å². The van der Waals surface area contributed by atoms with Crippen LogP contribution in [-0.4, -0.2) is 16.5 Å². The molecule has 214 valence electrons. The van der Waals surface area contributed by atoms with Crippen molar-refractivity contribution in [2.24, 2.45) is 0 Å². The van der Waals surface area contributed by atoms with Crippen LogP contribution in [0, 0.1) is 0 Å². The third kappa shape index (κ3) is 7.76. The predicted molar refractivity (Wildman–Crippen MR) is 190 cm³/mol. The number of fused-ring (bicyclic) bond motifs is 6. The van der Waals surface area contributed by atoms with Crippen molar-refractivity contribution in [3.63, 3.8) is 0 Å². The Labute approximate surface area is 260 Å². The fourth-order valence-corrected chi connectivity index (χ4v) is 10.6. The Hall–Kier alpha value is -3.27. The summed E-state index contributed by atoms with van der Waals surface area (Å²) in [4.78, 5) is 0. The summed E-state index contributed by atoms with van der Waals surface area (Å²) in [5.41, 5.74) is 5.56. The van der Waals surface area contributed by atoms with Crippen molar-refractivity contribution in [1.29, 1.82) is 0 Å². The van der Waals surface area contributed by atoms with Crippen molar-refractivity contribution in [2.75, 3.05) is 0 Å². The standard InChI is InChI=1S/C17H11.C16H14.C4H10N.2CH3.H4Si.Ti/c1-3-8-14-12(6-1)13-7-2-4-9-15(13)17-11-5-10-16(14)17;1-3-9-15(10-4-1)13-7-8-14-16-11-5-2-6-12-16;1-4(2,3)5;;;;/h1-4,6-8,10-11H,9H2;1-14H;5H,1-3H3;2*1H3;1H4;/q;;-1;;;;+1. The van der Waals surface area contributed by atoms with Crippen molar-refractivity contribution >= 4 is 52.1 Å². The van der Waals surface area contributed by atoms with Crippen LogP contribution in [0.4, 0.5) is 0 Å². The van der Waals surface area contributed by atoms with Crippen LogP contribution < -0.4 is 14.2 Å².